The molecule has 1 saturated heterocycles. The zero-order valence-corrected chi connectivity index (χ0v) is 15.5. The highest BCUT2D eigenvalue weighted by Crippen LogP contribution is 2.32. The average molecular weight is 358 g/mol. The predicted molar refractivity (Wildman–Crippen MR) is 101 cm³/mol. The van der Waals surface area contributed by atoms with Crippen molar-refractivity contribution in [2.75, 3.05) is 26.7 Å². The number of aliphatic hydroxyl groups is 1. The molecule has 0 radical (unpaired) electrons. The van der Waals surface area contributed by atoms with Gasteiger partial charge in [0.05, 0.1) is 38.8 Å². The molecule has 1 aliphatic rings. The van der Waals surface area contributed by atoms with Crippen LogP contribution in [0.25, 0.3) is 0 Å². The first-order chi connectivity index (χ1) is 12.7. The first-order valence-electron chi connectivity index (χ1n) is 9.59. The summed E-state index contributed by atoms with van der Waals surface area (Å²) >= 11 is 0. The fraction of sp³-hybridized carbons (Fsp3) is 0.455. The molecule has 1 aliphatic heterocycles. The first kappa shape index (κ1) is 18.9. The molecule has 3 rings (SSSR count). The van der Waals surface area contributed by atoms with E-state index in [0.717, 1.165) is 25.2 Å². The zero-order chi connectivity index (χ0) is 18.4. The maximum atomic E-state index is 14.1. The van der Waals surface area contributed by atoms with Crippen LogP contribution in [0.5, 0.6) is 5.75 Å². The molecule has 3 nitrogen and oxygen atoms in total. The van der Waals surface area contributed by atoms with Gasteiger partial charge in [-0.05, 0) is 48.9 Å². The molecule has 0 aliphatic carbocycles. The van der Waals surface area contributed by atoms with Crippen molar-refractivity contribution >= 4 is 0 Å². The van der Waals surface area contributed by atoms with Gasteiger partial charge in [0, 0.05) is 0 Å². The molecule has 140 valence electrons. The Balaban J connectivity index is 1.85. The van der Waals surface area contributed by atoms with Crippen LogP contribution in [0.15, 0.2) is 48.5 Å². The van der Waals surface area contributed by atoms with Crippen LogP contribution in [0, 0.1) is 5.82 Å². The van der Waals surface area contributed by atoms with Gasteiger partial charge >= 0.3 is 0 Å². The molecule has 0 bridgehead atoms. The number of methoxy groups -OCH3 is 1. The van der Waals surface area contributed by atoms with E-state index in [1.165, 1.54) is 43.8 Å². The Hall–Kier alpha value is -1.91. The van der Waals surface area contributed by atoms with Crippen molar-refractivity contribution in [2.45, 2.75) is 37.7 Å². The van der Waals surface area contributed by atoms with Crippen LogP contribution in [-0.2, 0) is 0 Å². The van der Waals surface area contributed by atoms with Gasteiger partial charge in [-0.3, -0.25) is 0 Å². The summed E-state index contributed by atoms with van der Waals surface area (Å²) in [6.07, 6.45) is 4.33. The van der Waals surface area contributed by atoms with Crippen LogP contribution < -0.4 is 9.64 Å². The van der Waals surface area contributed by atoms with Crippen LogP contribution in [0.1, 0.15) is 48.8 Å². The average Bonchev–Trinajstić information content (AvgIpc) is 2.95. The number of hydrogen-bond donors (Lipinski definition) is 2. The molecule has 0 spiro atoms. The Labute approximate surface area is 155 Å². The molecular weight excluding hydrogens is 329 g/mol. The van der Waals surface area contributed by atoms with E-state index in [1.54, 1.807) is 12.1 Å². The minimum Gasteiger partial charge on any atom is -0.494 e. The van der Waals surface area contributed by atoms with Gasteiger partial charge in [0.25, 0.3) is 0 Å². The number of benzene rings is 2. The number of rotatable bonds is 6. The van der Waals surface area contributed by atoms with Gasteiger partial charge in [0.2, 0.25) is 0 Å². The third kappa shape index (κ3) is 4.63. The van der Waals surface area contributed by atoms with Gasteiger partial charge in [-0.25, -0.2) is 4.39 Å². The van der Waals surface area contributed by atoms with E-state index in [0.29, 0.717) is 5.56 Å². The fourth-order valence-electron chi connectivity index (χ4n) is 3.95. The van der Waals surface area contributed by atoms with Crippen molar-refractivity contribution in [1.29, 1.82) is 0 Å². The summed E-state index contributed by atoms with van der Waals surface area (Å²) in [5, 5.41) is 11.1. The lowest BCUT2D eigenvalue weighted by Crippen LogP contribution is -3.12. The Morgan fingerprint density at radius 2 is 1.69 bits per heavy atom. The minimum atomic E-state index is -0.742. The second-order valence-corrected chi connectivity index (χ2v) is 7.22. The molecule has 0 aromatic heterocycles. The van der Waals surface area contributed by atoms with Gasteiger partial charge in [0.1, 0.15) is 0 Å². The molecule has 1 fully saturated rings. The van der Waals surface area contributed by atoms with E-state index in [-0.39, 0.29) is 11.7 Å². The molecule has 0 amide bonds. The quantitative estimate of drug-likeness (QED) is 0.832. The second kappa shape index (κ2) is 9.15. The van der Waals surface area contributed by atoms with Crippen molar-refractivity contribution in [2.24, 2.45) is 0 Å². The lowest BCUT2D eigenvalue weighted by Gasteiger charge is -2.28. The third-order valence-corrected chi connectivity index (χ3v) is 5.45. The third-order valence-electron chi connectivity index (χ3n) is 5.45. The Morgan fingerprint density at radius 1 is 1.00 bits per heavy atom. The largest absolute Gasteiger partial charge is 0.494 e. The van der Waals surface area contributed by atoms with Gasteiger partial charge in [-0.1, -0.05) is 36.4 Å². The van der Waals surface area contributed by atoms with Crippen LogP contribution in [0.3, 0.4) is 0 Å². The minimum absolute atomic E-state index is 0.0582. The van der Waals surface area contributed by atoms with Gasteiger partial charge in [-0.2, -0.15) is 0 Å². The Kier molecular flexibility index (Phi) is 6.64. The highest BCUT2D eigenvalue weighted by molar-refractivity contribution is 5.33. The number of halogens is 1. The molecule has 2 atom stereocenters. The van der Waals surface area contributed by atoms with Crippen LogP contribution in [0.4, 0.5) is 4.39 Å². The Bertz CT molecular complexity index is 684. The molecule has 2 unspecified atom stereocenters. The highest BCUT2D eigenvalue weighted by atomic mass is 19.1. The zero-order valence-electron chi connectivity index (χ0n) is 15.5. The van der Waals surface area contributed by atoms with E-state index in [9.17, 15) is 9.50 Å². The predicted octanol–water partition coefficient (Wildman–Crippen LogP) is 3.11. The SMILES string of the molecule is COc1ccc(C(O)C(C[NH+]2CCCCCC2)c2ccccc2)cc1F. The van der Waals surface area contributed by atoms with Crippen molar-refractivity contribution in [3.8, 4) is 5.75 Å². The van der Waals surface area contributed by atoms with Gasteiger partial charge < -0.3 is 14.7 Å². The molecule has 2 aromatic carbocycles. The fourth-order valence-corrected chi connectivity index (χ4v) is 3.95. The summed E-state index contributed by atoms with van der Waals surface area (Å²) in [7, 11) is 1.45. The maximum absolute atomic E-state index is 14.1. The molecular formula is C22H29FNO2+. The number of likely N-dealkylation sites (tertiary alicyclic amines) is 1. The van der Waals surface area contributed by atoms with E-state index in [1.807, 2.05) is 18.2 Å². The van der Waals surface area contributed by atoms with Crippen molar-refractivity contribution < 1.29 is 19.1 Å². The summed E-state index contributed by atoms with van der Waals surface area (Å²) < 4.78 is 19.1. The summed E-state index contributed by atoms with van der Waals surface area (Å²) in [5.74, 6) is -0.287. The highest BCUT2D eigenvalue weighted by Gasteiger charge is 2.28. The summed E-state index contributed by atoms with van der Waals surface area (Å²) in [5.41, 5.74) is 1.71. The second-order valence-electron chi connectivity index (χ2n) is 7.22. The number of ether oxygens (including phenoxy) is 1. The molecule has 4 heteroatoms. The summed E-state index contributed by atoms with van der Waals surface area (Å²) in [6, 6.07) is 14.9. The monoisotopic (exact) mass is 358 g/mol. The van der Waals surface area contributed by atoms with E-state index in [4.69, 9.17) is 4.74 Å². The molecule has 2 aromatic rings. The molecule has 26 heavy (non-hydrogen) atoms. The van der Waals surface area contributed by atoms with E-state index < -0.39 is 11.9 Å². The van der Waals surface area contributed by atoms with Crippen molar-refractivity contribution in [3.63, 3.8) is 0 Å². The molecule has 1 heterocycles. The van der Waals surface area contributed by atoms with E-state index >= 15 is 0 Å². The number of nitrogens with one attached hydrogen (secondary N) is 1. The van der Waals surface area contributed by atoms with Crippen molar-refractivity contribution in [3.05, 3.63) is 65.5 Å². The van der Waals surface area contributed by atoms with Crippen LogP contribution in [0.2, 0.25) is 0 Å². The normalized spacial score (nSPS) is 18.1. The smallest absolute Gasteiger partial charge is 0.165 e. The standard InChI is InChI=1S/C22H28FNO2/c1-26-21-12-11-18(15-20(21)23)22(25)19(17-9-5-4-6-10-17)16-24-13-7-2-3-8-14-24/h4-6,9-12,15,19,22,25H,2-3,7-8,13-14,16H2,1H3/p+1. The maximum Gasteiger partial charge on any atom is 0.165 e. The Morgan fingerprint density at radius 3 is 2.31 bits per heavy atom. The summed E-state index contributed by atoms with van der Waals surface area (Å²) in [4.78, 5) is 1.53. The molecule has 2 N–H and O–H groups in total. The number of aliphatic hydroxyl groups excluding tert-OH is 1. The topological polar surface area (TPSA) is 33.9 Å². The number of hydrogen-bond acceptors (Lipinski definition) is 2. The summed E-state index contributed by atoms with van der Waals surface area (Å²) in [6.45, 7) is 3.15. The lowest BCUT2D eigenvalue weighted by atomic mass is 9.88. The lowest BCUT2D eigenvalue weighted by molar-refractivity contribution is -0.901. The van der Waals surface area contributed by atoms with Gasteiger partial charge in [-0.15, -0.1) is 0 Å². The number of quaternary nitrogens is 1. The van der Waals surface area contributed by atoms with Crippen LogP contribution in [-0.4, -0.2) is 31.9 Å². The van der Waals surface area contributed by atoms with Crippen LogP contribution >= 0.6 is 0 Å². The molecule has 0 saturated carbocycles. The first-order valence-corrected chi connectivity index (χ1v) is 9.59. The van der Waals surface area contributed by atoms with Crippen molar-refractivity contribution in [1.82, 2.24) is 0 Å². The van der Waals surface area contributed by atoms with E-state index in [2.05, 4.69) is 12.1 Å². The van der Waals surface area contributed by atoms with Gasteiger partial charge in [0.15, 0.2) is 11.6 Å².